The average molecular weight is 433 g/mol. The number of rotatable bonds is 4. The molecule has 9 heteroatoms. The van der Waals surface area contributed by atoms with Gasteiger partial charge in [0.25, 0.3) is 5.91 Å². The molecule has 0 bridgehead atoms. The van der Waals surface area contributed by atoms with Crippen LogP contribution in [0.3, 0.4) is 0 Å². The number of hydrogen-bond acceptors (Lipinski definition) is 6. The van der Waals surface area contributed by atoms with Crippen LogP contribution in [0.2, 0.25) is 4.34 Å². The number of oxime groups is 1. The number of aromatic nitrogens is 1. The van der Waals surface area contributed by atoms with E-state index in [1.807, 2.05) is 25.1 Å². The van der Waals surface area contributed by atoms with Gasteiger partial charge < -0.3 is 15.1 Å². The number of piperidine rings is 1. The Morgan fingerprint density at radius 1 is 1.28 bits per heavy atom. The van der Waals surface area contributed by atoms with Crippen molar-refractivity contribution < 1.29 is 14.4 Å². The Bertz CT molecular complexity index is 953. The summed E-state index contributed by atoms with van der Waals surface area (Å²) in [7, 11) is 0. The highest BCUT2D eigenvalue weighted by molar-refractivity contribution is 7.18. The van der Waals surface area contributed by atoms with Crippen LogP contribution in [-0.2, 0) is 14.4 Å². The predicted molar refractivity (Wildman–Crippen MR) is 112 cm³/mol. The smallest absolute Gasteiger partial charge is 0.266 e. The van der Waals surface area contributed by atoms with Crippen LogP contribution in [0.1, 0.15) is 29.7 Å². The number of pyridine rings is 1. The first-order valence-corrected chi connectivity index (χ1v) is 10.7. The maximum atomic E-state index is 12.8. The van der Waals surface area contributed by atoms with Crippen molar-refractivity contribution in [3.05, 3.63) is 45.2 Å². The SMILES string of the molecule is Cc1ccnc(NC(=O)C2CCN(C(=O)C3CC(c4ccc(Cl)s4)=NO3)CC2)c1. The molecule has 0 aliphatic carbocycles. The molecule has 4 heterocycles. The lowest BCUT2D eigenvalue weighted by atomic mass is 9.95. The van der Waals surface area contributed by atoms with E-state index >= 15 is 0 Å². The third-order valence-corrected chi connectivity index (χ3v) is 6.43. The number of likely N-dealkylation sites (tertiary alicyclic amines) is 1. The standard InChI is InChI=1S/C20H21ClN4O3S/c1-12-4-7-22-18(10-12)23-19(26)13-5-8-25(9-6-13)20(27)15-11-14(24-28-15)16-2-3-17(21)29-16/h2-4,7,10,13,15H,5-6,8-9,11H2,1H3,(H,22,23,26). The predicted octanol–water partition coefficient (Wildman–Crippen LogP) is 3.48. The fourth-order valence-electron chi connectivity index (χ4n) is 3.52. The summed E-state index contributed by atoms with van der Waals surface area (Å²) in [6.07, 6.45) is 2.74. The lowest BCUT2D eigenvalue weighted by Crippen LogP contribution is -2.45. The van der Waals surface area contributed by atoms with Crippen molar-refractivity contribution in [3.8, 4) is 0 Å². The molecular formula is C20H21ClN4O3S. The van der Waals surface area contributed by atoms with Crippen molar-refractivity contribution in [2.75, 3.05) is 18.4 Å². The van der Waals surface area contributed by atoms with E-state index < -0.39 is 6.10 Å². The van der Waals surface area contributed by atoms with Gasteiger partial charge >= 0.3 is 0 Å². The Kier molecular flexibility index (Phi) is 5.82. The van der Waals surface area contributed by atoms with Gasteiger partial charge in [-0.3, -0.25) is 9.59 Å². The van der Waals surface area contributed by atoms with Gasteiger partial charge in [-0.25, -0.2) is 4.98 Å². The van der Waals surface area contributed by atoms with Crippen molar-refractivity contribution in [3.63, 3.8) is 0 Å². The van der Waals surface area contributed by atoms with Gasteiger partial charge in [0.15, 0.2) is 0 Å². The summed E-state index contributed by atoms with van der Waals surface area (Å²) >= 11 is 7.39. The van der Waals surface area contributed by atoms with Gasteiger partial charge in [0.1, 0.15) is 11.5 Å². The maximum Gasteiger partial charge on any atom is 0.266 e. The number of thiophene rings is 1. The number of anilines is 1. The van der Waals surface area contributed by atoms with Crippen molar-refractivity contribution >= 4 is 46.3 Å². The van der Waals surface area contributed by atoms with E-state index in [0.717, 1.165) is 16.2 Å². The van der Waals surface area contributed by atoms with Crippen LogP contribution in [0, 0.1) is 12.8 Å². The summed E-state index contributed by atoms with van der Waals surface area (Å²) in [4.78, 5) is 37.5. The Labute approximate surface area is 177 Å². The molecule has 1 saturated heterocycles. The summed E-state index contributed by atoms with van der Waals surface area (Å²) in [5.41, 5.74) is 1.79. The third-order valence-electron chi connectivity index (χ3n) is 5.15. The van der Waals surface area contributed by atoms with Crippen LogP contribution >= 0.6 is 22.9 Å². The summed E-state index contributed by atoms with van der Waals surface area (Å²) in [6.45, 7) is 3.01. The number of nitrogens with one attached hydrogen (secondary N) is 1. The molecule has 2 aromatic heterocycles. The third kappa shape index (κ3) is 4.59. The highest BCUT2D eigenvalue weighted by Crippen LogP contribution is 2.28. The first-order valence-electron chi connectivity index (χ1n) is 9.50. The molecule has 2 aliphatic rings. The molecule has 1 unspecified atom stereocenters. The zero-order chi connectivity index (χ0) is 20.4. The van der Waals surface area contributed by atoms with Crippen molar-refractivity contribution in [2.45, 2.75) is 32.3 Å². The molecule has 2 aromatic rings. The van der Waals surface area contributed by atoms with Gasteiger partial charge in [0.2, 0.25) is 12.0 Å². The molecule has 0 radical (unpaired) electrons. The molecule has 4 rings (SSSR count). The normalized spacial score (nSPS) is 19.6. The zero-order valence-corrected chi connectivity index (χ0v) is 17.5. The first-order chi connectivity index (χ1) is 14.0. The minimum atomic E-state index is -0.604. The average Bonchev–Trinajstić information content (AvgIpc) is 3.37. The zero-order valence-electron chi connectivity index (χ0n) is 15.9. The minimum Gasteiger partial charge on any atom is -0.382 e. The minimum absolute atomic E-state index is 0.0486. The molecule has 0 spiro atoms. The van der Waals surface area contributed by atoms with Crippen molar-refractivity contribution in [1.82, 2.24) is 9.88 Å². The van der Waals surface area contributed by atoms with Gasteiger partial charge in [-0.1, -0.05) is 16.8 Å². The van der Waals surface area contributed by atoms with Crippen LogP contribution in [0.25, 0.3) is 0 Å². The fourth-order valence-corrected chi connectivity index (χ4v) is 4.56. The molecule has 0 saturated carbocycles. The molecule has 2 amide bonds. The van der Waals surface area contributed by atoms with E-state index in [0.29, 0.717) is 42.5 Å². The molecular weight excluding hydrogens is 412 g/mol. The molecule has 1 N–H and O–H groups in total. The highest BCUT2D eigenvalue weighted by atomic mass is 35.5. The van der Waals surface area contributed by atoms with Crippen LogP contribution in [0.15, 0.2) is 35.6 Å². The van der Waals surface area contributed by atoms with E-state index in [1.54, 1.807) is 17.2 Å². The number of halogens is 1. The van der Waals surface area contributed by atoms with Crippen LogP contribution in [0.4, 0.5) is 5.82 Å². The number of carbonyl (C=O) groups excluding carboxylic acids is 2. The molecule has 0 aromatic carbocycles. The second kappa shape index (κ2) is 8.51. The van der Waals surface area contributed by atoms with E-state index in [2.05, 4.69) is 15.5 Å². The van der Waals surface area contributed by atoms with Crippen LogP contribution in [-0.4, -0.2) is 46.6 Å². The highest BCUT2D eigenvalue weighted by Gasteiger charge is 2.35. The van der Waals surface area contributed by atoms with Crippen LogP contribution < -0.4 is 5.32 Å². The fraction of sp³-hybridized carbons (Fsp3) is 0.400. The summed E-state index contributed by atoms with van der Waals surface area (Å²) in [5, 5.41) is 6.94. The van der Waals surface area contributed by atoms with Gasteiger partial charge in [-0.05, 0) is 49.6 Å². The van der Waals surface area contributed by atoms with Crippen molar-refractivity contribution in [2.24, 2.45) is 11.1 Å². The molecule has 152 valence electrons. The summed E-state index contributed by atoms with van der Waals surface area (Å²) < 4.78 is 0.679. The van der Waals surface area contributed by atoms with E-state index in [4.69, 9.17) is 16.4 Å². The van der Waals surface area contributed by atoms with Gasteiger partial charge in [-0.15, -0.1) is 11.3 Å². The number of aryl methyl sites for hydroxylation is 1. The van der Waals surface area contributed by atoms with E-state index in [9.17, 15) is 9.59 Å². The van der Waals surface area contributed by atoms with E-state index in [1.165, 1.54) is 11.3 Å². The van der Waals surface area contributed by atoms with Crippen molar-refractivity contribution in [1.29, 1.82) is 0 Å². The second-order valence-electron chi connectivity index (χ2n) is 7.25. The van der Waals surface area contributed by atoms with Crippen LogP contribution in [0.5, 0.6) is 0 Å². The molecule has 2 aliphatic heterocycles. The number of amides is 2. The lowest BCUT2D eigenvalue weighted by Gasteiger charge is -2.32. The molecule has 1 fully saturated rings. The maximum absolute atomic E-state index is 12.8. The largest absolute Gasteiger partial charge is 0.382 e. The molecule has 29 heavy (non-hydrogen) atoms. The Morgan fingerprint density at radius 2 is 2.07 bits per heavy atom. The number of carbonyl (C=O) groups is 2. The second-order valence-corrected chi connectivity index (χ2v) is 8.96. The Balaban J connectivity index is 1.27. The molecule has 7 nitrogen and oxygen atoms in total. The molecule has 1 atom stereocenters. The Hall–Kier alpha value is -2.45. The Morgan fingerprint density at radius 3 is 2.76 bits per heavy atom. The first kappa shape index (κ1) is 19.8. The topological polar surface area (TPSA) is 83.9 Å². The summed E-state index contributed by atoms with van der Waals surface area (Å²) in [5.74, 6) is 0.301. The van der Waals surface area contributed by atoms with Gasteiger partial charge in [0.05, 0.1) is 9.21 Å². The number of hydrogen-bond donors (Lipinski definition) is 1. The van der Waals surface area contributed by atoms with Gasteiger partial charge in [0, 0.05) is 31.6 Å². The van der Waals surface area contributed by atoms with E-state index in [-0.39, 0.29) is 17.7 Å². The quantitative estimate of drug-likeness (QED) is 0.801. The van der Waals surface area contributed by atoms with Gasteiger partial charge in [-0.2, -0.15) is 0 Å². The summed E-state index contributed by atoms with van der Waals surface area (Å²) in [6, 6.07) is 7.41. The monoisotopic (exact) mass is 432 g/mol. The number of nitrogens with zero attached hydrogens (tertiary/aromatic N) is 3. The lowest BCUT2D eigenvalue weighted by molar-refractivity contribution is -0.144.